The predicted octanol–water partition coefficient (Wildman–Crippen LogP) is 0.948. The van der Waals surface area contributed by atoms with Crippen molar-refractivity contribution in [1.29, 1.82) is 0 Å². The van der Waals surface area contributed by atoms with Crippen molar-refractivity contribution in [2.45, 2.75) is 32.2 Å². The maximum Gasteiger partial charge on any atom is 0.256 e. The maximum atomic E-state index is 12.1. The van der Waals surface area contributed by atoms with Gasteiger partial charge in [-0.3, -0.25) is 4.79 Å². The topological polar surface area (TPSA) is 92.3 Å². The van der Waals surface area contributed by atoms with Gasteiger partial charge in [0.05, 0.1) is 17.1 Å². The maximum absolute atomic E-state index is 12.1. The molecule has 2 rings (SSSR count). The van der Waals surface area contributed by atoms with Crippen LogP contribution in [-0.4, -0.2) is 60.3 Å². The molecule has 1 amide bonds. The number of hydrogen-bond acceptors (Lipinski definition) is 6. The van der Waals surface area contributed by atoms with E-state index < -0.39 is 9.84 Å². The number of amides is 1. The van der Waals surface area contributed by atoms with E-state index in [-0.39, 0.29) is 23.5 Å². The van der Waals surface area contributed by atoms with Crippen molar-refractivity contribution in [3.63, 3.8) is 0 Å². The van der Waals surface area contributed by atoms with Gasteiger partial charge in [-0.05, 0) is 12.8 Å². The van der Waals surface area contributed by atoms with Gasteiger partial charge in [-0.2, -0.15) is 0 Å². The van der Waals surface area contributed by atoms with E-state index in [1.165, 1.54) is 12.4 Å². The second-order valence-electron chi connectivity index (χ2n) is 5.62. The smallest absolute Gasteiger partial charge is 0.256 e. The molecule has 0 aliphatic carbocycles. The van der Waals surface area contributed by atoms with Gasteiger partial charge in [-0.15, -0.1) is 0 Å². The van der Waals surface area contributed by atoms with Crippen molar-refractivity contribution in [2.24, 2.45) is 0 Å². The van der Waals surface area contributed by atoms with Gasteiger partial charge in [0.15, 0.2) is 9.84 Å². The molecule has 7 nitrogen and oxygen atoms in total. The minimum atomic E-state index is -2.94. The molecule has 0 saturated carbocycles. The molecule has 1 unspecified atom stereocenters. The highest BCUT2D eigenvalue weighted by molar-refractivity contribution is 7.91. The quantitative estimate of drug-likeness (QED) is 0.836. The van der Waals surface area contributed by atoms with E-state index in [1.54, 1.807) is 11.9 Å². The van der Waals surface area contributed by atoms with Gasteiger partial charge < -0.3 is 10.2 Å². The average molecular weight is 326 g/mol. The molecule has 22 heavy (non-hydrogen) atoms. The van der Waals surface area contributed by atoms with E-state index in [0.717, 1.165) is 12.8 Å². The second kappa shape index (κ2) is 7.04. The molecule has 0 radical (unpaired) electrons. The van der Waals surface area contributed by atoms with E-state index in [9.17, 15) is 13.2 Å². The summed E-state index contributed by atoms with van der Waals surface area (Å²) in [6.45, 7) is 2.78. The number of carbonyl (C=O) groups is 1. The molecule has 1 N–H and O–H groups in total. The second-order valence-corrected chi connectivity index (χ2v) is 7.85. The molecule has 1 aliphatic heterocycles. The van der Waals surface area contributed by atoms with E-state index in [4.69, 9.17) is 0 Å². The molecule has 122 valence electrons. The standard InChI is InChI=1S/C14H22N4O3S/c1-3-4-6-18(2)13(19)11-8-15-14(16-9-11)17-12-5-7-22(20,21)10-12/h8-9,12H,3-7,10H2,1-2H3,(H,15,16,17). The van der Waals surface area contributed by atoms with Crippen LogP contribution in [0.1, 0.15) is 36.5 Å². The fourth-order valence-electron chi connectivity index (χ4n) is 2.32. The largest absolute Gasteiger partial charge is 0.350 e. The van der Waals surface area contributed by atoms with E-state index in [2.05, 4.69) is 22.2 Å². The Hall–Kier alpha value is -1.70. The first-order valence-electron chi connectivity index (χ1n) is 7.46. The Balaban J connectivity index is 1.94. The van der Waals surface area contributed by atoms with Crippen LogP contribution in [0.25, 0.3) is 0 Å². The summed E-state index contributed by atoms with van der Waals surface area (Å²) in [4.78, 5) is 22.0. The Morgan fingerprint density at radius 2 is 2.09 bits per heavy atom. The first kappa shape index (κ1) is 16.7. The molecule has 1 aromatic heterocycles. The van der Waals surface area contributed by atoms with Crippen LogP contribution in [0, 0.1) is 0 Å². The SMILES string of the molecule is CCCCN(C)C(=O)c1cnc(NC2CCS(=O)(=O)C2)nc1. The number of rotatable bonds is 6. The number of unbranched alkanes of at least 4 members (excludes halogenated alkanes) is 1. The highest BCUT2D eigenvalue weighted by Gasteiger charge is 2.28. The summed E-state index contributed by atoms with van der Waals surface area (Å²) in [5, 5.41) is 3.00. The minimum absolute atomic E-state index is 0.108. The Bertz CT molecular complexity index is 615. The fraction of sp³-hybridized carbons (Fsp3) is 0.643. The molecule has 8 heteroatoms. The summed E-state index contributed by atoms with van der Waals surface area (Å²) >= 11 is 0. The van der Waals surface area contributed by atoms with Crippen LogP contribution in [0.5, 0.6) is 0 Å². The molecule has 0 spiro atoms. The van der Waals surface area contributed by atoms with Crippen molar-refractivity contribution in [2.75, 3.05) is 30.4 Å². The van der Waals surface area contributed by atoms with Crippen LogP contribution in [0.3, 0.4) is 0 Å². The summed E-state index contributed by atoms with van der Waals surface area (Å²) in [7, 11) is -1.18. The molecule has 1 aromatic rings. The van der Waals surface area contributed by atoms with Crippen molar-refractivity contribution in [3.8, 4) is 0 Å². The number of carbonyl (C=O) groups excluding carboxylic acids is 1. The van der Waals surface area contributed by atoms with Gasteiger partial charge in [0, 0.05) is 32.0 Å². The Morgan fingerprint density at radius 3 is 2.64 bits per heavy atom. The molecule has 1 aliphatic rings. The summed E-state index contributed by atoms with van der Waals surface area (Å²) in [6.07, 6.45) is 5.50. The third kappa shape index (κ3) is 4.40. The lowest BCUT2D eigenvalue weighted by atomic mass is 10.2. The van der Waals surface area contributed by atoms with E-state index >= 15 is 0 Å². The van der Waals surface area contributed by atoms with Gasteiger partial charge in [-0.25, -0.2) is 18.4 Å². The lowest BCUT2D eigenvalue weighted by Gasteiger charge is -2.16. The van der Waals surface area contributed by atoms with Crippen molar-refractivity contribution in [3.05, 3.63) is 18.0 Å². The number of anilines is 1. The predicted molar refractivity (Wildman–Crippen MR) is 84.6 cm³/mol. The molecule has 1 fully saturated rings. The van der Waals surface area contributed by atoms with Crippen LogP contribution in [0.2, 0.25) is 0 Å². The van der Waals surface area contributed by atoms with Gasteiger partial charge in [-0.1, -0.05) is 13.3 Å². The molecule has 2 heterocycles. The van der Waals surface area contributed by atoms with Crippen LogP contribution in [-0.2, 0) is 9.84 Å². The minimum Gasteiger partial charge on any atom is -0.350 e. The molecule has 1 atom stereocenters. The van der Waals surface area contributed by atoms with Gasteiger partial charge in [0.25, 0.3) is 5.91 Å². The van der Waals surface area contributed by atoms with Crippen molar-refractivity contribution in [1.82, 2.24) is 14.9 Å². The van der Waals surface area contributed by atoms with Crippen LogP contribution in [0.4, 0.5) is 5.95 Å². The van der Waals surface area contributed by atoms with Gasteiger partial charge >= 0.3 is 0 Å². The number of aromatic nitrogens is 2. The number of sulfone groups is 1. The van der Waals surface area contributed by atoms with Crippen LogP contribution >= 0.6 is 0 Å². The normalized spacial score (nSPS) is 19.8. The summed E-state index contributed by atoms with van der Waals surface area (Å²) in [5.41, 5.74) is 0.434. The lowest BCUT2D eigenvalue weighted by molar-refractivity contribution is 0.0792. The van der Waals surface area contributed by atoms with Gasteiger partial charge in [0.1, 0.15) is 0 Å². The lowest BCUT2D eigenvalue weighted by Crippen LogP contribution is -2.28. The summed E-state index contributed by atoms with van der Waals surface area (Å²) in [5.74, 6) is 0.554. The van der Waals surface area contributed by atoms with Crippen LogP contribution in [0.15, 0.2) is 12.4 Å². The highest BCUT2D eigenvalue weighted by atomic mass is 32.2. The molecule has 1 saturated heterocycles. The van der Waals surface area contributed by atoms with E-state index in [1.807, 2.05) is 0 Å². The number of nitrogens with zero attached hydrogens (tertiary/aromatic N) is 3. The Morgan fingerprint density at radius 1 is 1.41 bits per heavy atom. The first-order chi connectivity index (χ1) is 10.4. The first-order valence-corrected chi connectivity index (χ1v) is 9.28. The van der Waals surface area contributed by atoms with Crippen molar-refractivity contribution >= 4 is 21.7 Å². The average Bonchev–Trinajstić information content (AvgIpc) is 2.83. The van der Waals surface area contributed by atoms with Gasteiger partial charge in [0.2, 0.25) is 5.95 Å². The zero-order chi connectivity index (χ0) is 16.2. The summed E-state index contributed by atoms with van der Waals surface area (Å²) < 4.78 is 22.8. The zero-order valence-electron chi connectivity index (χ0n) is 12.9. The molecule has 0 bridgehead atoms. The monoisotopic (exact) mass is 326 g/mol. The zero-order valence-corrected chi connectivity index (χ0v) is 13.8. The Kier molecular flexibility index (Phi) is 5.33. The van der Waals surface area contributed by atoms with Crippen molar-refractivity contribution < 1.29 is 13.2 Å². The summed E-state index contributed by atoms with van der Waals surface area (Å²) in [6, 6.07) is -0.154. The van der Waals surface area contributed by atoms with E-state index in [0.29, 0.717) is 24.5 Å². The highest BCUT2D eigenvalue weighted by Crippen LogP contribution is 2.15. The fourth-order valence-corrected chi connectivity index (χ4v) is 3.99. The Labute approximate surface area is 131 Å². The molecule has 0 aromatic carbocycles. The molecular formula is C14H22N4O3S. The van der Waals surface area contributed by atoms with Crippen LogP contribution < -0.4 is 5.32 Å². The molecular weight excluding hydrogens is 304 g/mol. The number of nitrogens with one attached hydrogen (secondary N) is 1. The third-order valence-electron chi connectivity index (χ3n) is 3.66. The third-order valence-corrected chi connectivity index (χ3v) is 5.43. The number of hydrogen-bond donors (Lipinski definition) is 1.